The van der Waals surface area contributed by atoms with Crippen LogP contribution in [0.1, 0.15) is 20.8 Å². The van der Waals surface area contributed by atoms with E-state index in [4.69, 9.17) is 9.94 Å². The van der Waals surface area contributed by atoms with E-state index >= 15 is 0 Å². The minimum atomic E-state index is -0.596. The van der Waals surface area contributed by atoms with Crippen molar-refractivity contribution in [3.8, 4) is 0 Å². The molecule has 0 aromatic rings. The SMILES string of the molecule is CCN(CC)CCONC(C)O.Cl. The fraction of sp³-hybridized carbons (Fsp3) is 1.00. The summed E-state index contributed by atoms with van der Waals surface area (Å²) in [6, 6.07) is 0. The predicted molar refractivity (Wildman–Crippen MR) is 55.8 cm³/mol. The number of rotatable bonds is 7. The molecule has 0 aromatic heterocycles. The first-order valence-electron chi connectivity index (χ1n) is 4.48. The van der Waals surface area contributed by atoms with Crippen molar-refractivity contribution in [2.24, 2.45) is 0 Å². The molecule has 2 N–H and O–H groups in total. The van der Waals surface area contributed by atoms with Gasteiger partial charge in [-0.15, -0.1) is 12.4 Å². The Kier molecular flexibility index (Phi) is 12.3. The molecule has 0 saturated carbocycles. The Morgan fingerprint density at radius 3 is 2.31 bits per heavy atom. The minimum absolute atomic E-state index is 0. The van der Waals surface area contributed by atoms with Gasteiger partial charge >= 0.3 is 0 Å². The Bertz CT molecular complexity index is 100. The lowest BCUT2D eigenvalue weighted by Crippen LogP contribution is -2.32. The smallest absolute Gasteiger partial charge is 0.124 e. The van der Waals surface area contributed by atoms with Crippen molar-refractivity contribution in [2.75, 3.05) is 26.2 Å². The number of hydrogen-bond donors (Lipinski definition) is 2. The molecule has 0 aliphatic carbocycles. The molecule has 5 heteroatoms. The van der Waals surface area contributed by atoms with Gasteiger partial charge in [-0.2, -0.15) is 5.48 Å². The number of aliphatic hydroxyl groups excluding tert-OH is 1. The molecule has 0 aliphatic rings. The standard InChI is InChI=1S/C8H20N2O2.ClH/c1-4-10(5-2)6-7-12-9-8(3)11;/h8-9,11H,4-7H2,1-3H3;1H. The summed E-state index contributed by atoms with van der Waals surface area (Å²) < 4.78 is 0. The van der Waals surface area contributed by atoms with Crippen LogP contribution in [0, 0.1) is 0 Å². The van der Waals surface area contributed by atoms with Crippen LogP contribution in [0.4, 0.5) is 0 Å². The van der Waals surface area contributed by atoms with Crippen LogP contribution in [0.5, 0.6) is 0 Å². The van der Waals surface area contributed by atoms with E-state index in [2.05, 4.69) is 24.2 Å². The molecule has 0 radical (unpaired) electrons. The Labute approximate surface area is 86.6 Å². The zero-order chi connectivity index (χ0) is 9.40. The van der Waals surface area contributed by atoms with Crippen LogP contribution in [-0.2, 0) is 4.84 Å². The van der Waals surface area contributed by atoms with Crippen LogP contribution in [0.2, 0.25) is 0 Å². The van der Waals surface area contributed by atoms with Gasteiger partial charge in [-0.05, 0) is 20.0 Å². The van der Waals surface area contributed by atoms with Gasteiger partial charge in [-0.3, -0.25) is 4.84 Å². The maximum atomic E-state index is 8.78. The molecule has 0 aromatic carbocycles. The zero-order valence-corrected chi connectivity index (χ0v) is 9.43. The molecule has 0 heterocycles. The highest BCUT2D eigenvalue weighted by Crippen LogP contribution is 1.85. The third kappa shape index (κ3) is 10.0. The quantitative estimate of drug-likeness (QED) is 0.369. The average molecular weight is 213 g/mol. The molecule has 0 bridgehead atoms. The zero-order valence-electron chi connectivity index (χ0n) is 8.62. The van der Waals surface area contributed by atoms with E-state index in [1.54, 1.807) is 6.92 Å². The van der Waals surface area contributed by atoms with Crippen LogP contribution < -0.4 is 5.48 Å². The van der Waals surface area contributed by atoms with Gasteiger partial charge in [0.15, 0.2) is 0 Å². The monoisotopic (exact) mass is 212 g/mol. The summed E-state index contributed by atoms with van der Waals surface area (Å²) in [6.45, 7) is 9.43. The summed E-state index contributed by atoms with van der Waals surface area (Å²) in [6.07, 6.45) is -0.596. The summed E-state index contributed by atoms with van der Waals surface area (Å²) >= 11 is 0. The van der Waals surface area contributed by atoms with E-state index in [1.165, 1.54) is 0 Å². The van der Waals surface area contributed by atoms with Gasteiger partial charge in [0, 0.05) is 6.54 Å². The number of hydroxylamine groups is 1. The van der Waals surface area contributed by atoms with Crippen LogP contribution in [0.25, 0.3) is 0 Å². The minimum Gasteiger partial charge on any atom is -0.377 e. The predicted octanol–water partition coefficient (Wildman–Crippen LogP) is 0.609. The van der Waals surface area contributed by atoms with E-state index in [-0.39, 0.29) is 12.4 Å². The molecule has 0 aliphatic heterocycles. The molecule has 82 valence electrons. The van der Waals surface area contributed by atoms with Crippen LogP contribution in [0.15, 0.2) is 0 Å². The van der Waals surface area contributed by atoms with Crippen molar-refractivity contribution in [3.05, 3.63) is 0 Å². The van der Waals surface area contributed by atoms with E-state index in [1.807, 2.05) is 0 Å². The second kappa shape index (κ2) is 10.2. The summed E-state index contributed by atoms with van der Waals surface area (Å²) in [7, 11) is 0. The van der Waals surface area contributed by atoms with Gasteiger partial charge in [0.1, 0.15) is 6.23 Å². The van der Waals surface area contributed by atoms with Crippen molar-refractivity contribution in [3.63, 3.8) is 0 Å². The summed E-state index contributed by atoms with van der Waals surface area (Å²) in [4.78, 5) is 7.24. The second-order valence-electron chi connectivity index (χ2n) is 2.67. The molecule has 4 nitrogen and oxygen atoms in total. The fourth-order valence-electron chi connectivity index (χ4n) is 0.894. The molecule has 0 rings (SSSR count). The lowest BCUT2D eigenvalue weighted by molar-refractivity contribution is -0.0534. The molecule has 0 spiro atoms. The fourth-order valence-corrected chi connectivity index (χ4v) is 0.894. The number of hydrogen-bond acceptors (Lipinski definition) is 4. The summed E-state index contributed by atoms with van der Waals surface area (Å²) in [5.41, 5.74) is 2.48. The van der Waals surface area contributed by atoms with Gasteiger partial charge in [0.05, 0.1) is 6.61 Å². The summed E-state index contributed by atoms with van der Waals surface area (Å²) in [5.74, 6) is 0. The Morgan fingerprint density at radius 1 is 1.38 bits per heavy atom. The number of nitrogens with zero attached hydrogens (tertiary/aromatic N) is 1. The highest BCUT2D eigenvalue weighted by molar-refractivity contribution is 5.85. The van der Waals surface area contributed by atoms with Gasteiger partial charge in [-0.1, -0.05) is 13.8 Å². The highest BCUT2D eigenvalue weighted by atomic mass is 35.5. The molecule has 1 unspecified atom stereocenters. The number of nitrogens with one attached hydrogen (secondary N) is 1. The lowest BCUT2D eigenvalue weighted by atomic mass is 10.5. The molecule has 0 saturated heterocycles. The van der Waals surface area contributed by atoms with Crippen LogP contribution >= 0.6 is 12.4 Å². The van der Waals surface area contributed by atoms with Crippen LogP contribution in [0.3, 0.4) is 0 Å². The Morgan fingerprint density at radius 2 is 1.92 bits per heavy atom. The lowest BCUT2D eigenvalue weighted by Gasteiger charge is -2.17. The normalized spacial score (nSPS) is 12.7. The third-order valence-corrected chi connectivity index (χ3v) is 1.66. The first-order valence-corrected chi connectivity index (χ1v) is 4.48. The topological polar surface area (TPSA) is 44.7 Å². The van der Waals surface area contributed by atoms with E-state index in [9.17, 15) is 0 Å². The molecule has 13 heavy (non-hydrogen) atoms. The molecular formula is C8H21ClN2O2. The third-order valence-electron chi connectivity index (χ3n) is 1.66. The van der Waals surface area contributed by atoms with E-state index in [0.29, 0.717) is 6.61 Å². The first-order chi connectivity index (χ1) is 5.70. The van der Waals surface area contributed by atoms with E-state index in [0.717, 1.165) is 19.6 Å². The molecule has 0 amide bonds. The number of aliphatic hydroxyl groups is 1. The van der Waals surface area contributed by atoms with Crippen LogP contribution in [-0.4, -0.2) is 42.5 Å². The average Bonchev–Trinajstić information content (AvgIpc) is 2.04. The van der Waals surface area contributed by atoms with Gasteiger partial charge < -0.3 is 10.0 Å². The van der Waals surface area contributed by atoms with Gasteiger partial charge in [0.2, 0.25) is 0 Å². The summed E-state index contributed by atoms with van der Waals surface area (Å²) in [5, 5.41) is 8.78. The number of halogens is 1. The highest BCUT2D eigenvalue weighted by Gasteiger charge is 1.98. The first kappa shape index (κ1) is 15.6. The van der Waals surface area contributed by atoms with E-state index < -0.39 is 6.23 Å². The molecular weight excluding hydrogens is 192 g/mol. The van der Waals surface area contributed by atoms with Gasteiger partial charge in [-0.25, -0.2) is 0 Å². The Hall–Kier alpha value is 0.130. The van der Waals surface area contributed by atoms with Crippen molar-refractivity contribution in [1.29, 1.82) is 0 Å². The Balaban J connectivity index is 0. The molecule has 1 atom stereocenters. The van der Waals surface area contributed by atoms with Crippen molar-refractivity contribution >= 4 is 12.4 Å². The second-order valence-corrected chi connectivity index (χ2v) is 2.67. The maximum absolute atomic E-state index is 8.78. The van der Waals surface area contributed by atoms with Crippen molar-refractivity contribution < 1.29 is 9.94 Å². The number of likely N-dealkylation sites (N-methyl/N-ethyl adjacent to an activating group) is 1. The maximum Gasteiger partial charge on any atom is 0.124 e. The van der Waals surface area contributed by atoms with Crippen molar-refractivity contribution in [1.82, 2.24) is 10.4 Å². The molecule has 0 fully saturated rings. The van der Waals surface area contributed by atoms with Gasteiger partial charge in [0.25, 0.3) is 0 Å². The largest absolute Gasteiger partial charge is 0.377 e. The van der Waals surface area contributed by atoms with Crippen molar-refractivity contribution in [2.45, 2.75) is 27.0 Å².